The van der Waals surface area contributed by atoms with E-state index >= 15 is 0 Å². The summed E-state index contributed by atoms with van der Waals surface area (Å²) in [5, 5.41) is 0. The molecule has 0 unspecified atom stereocenters. The Hall–Kier alpha value is -1.44. The van der Waals surface area contributed by atoms with Crippen molar-refractivity contribution in [2.45, 2.75) is 0 Å². The Labute approximate surface area is 58.6 Å². The van der Waals surface area contributed by atoms with Crippen molar-refractivity contribution in [3.05, 3.63) is 36.7 Å². The molecular formula is C8H4N2-2. The van der Waals surface area contributed by atoms with Crippen LogP contribution in [0.2, 0.25) is 0 Å². The Bertz CT molecular complexity index is 278. The number of fused-ring (bicyclic) bond motifs is 1. The van der Waals surface area contributed by atoms with Crippen molar-refractivity contribution in [2.75, 3.05) is 0 Å². The average Bonchev–Trinajstić information content (AvgIpc) is 2.05. The van der Waals surface area contributed by atoms with Crippen molar-refractivity contribution in [1.82, 2.24) is 9.97 Å². The minimum Gasteiger partial charge on any atom is -0.407 e. The van der Waals surface area contributed by atoms with Crippen LogP contribution >= 0.6 is 0 Å². The quantitative estimate of drug-likeness (QED) is 0.499. The smallest absolute Gasteiger partial charge is 0.0884 e. The topological polar surface area (TPSA) is 25.8 Å². The van der Waals surface area contributed by atoms with E-state index in [0.717, 1.165) is 11.0 Å². The van der Waals surface area contributed by atoms with Gasteiger partial charge in [0.05, 0.1) is 0 Å². The molecule has 0 aliphatic heterocycles. The molecule has 0 saturated carbocycles. The maximum absolute atomic E-state index is 4.03. The van der Waals surface area contributed by atoms with Gasteiger partial charge in [0, 0.05) is 0 Å². The molecule has 0 aliphatic carbocycles. The highest BCUT2D eigenvalue weighted by atomic mass is 14.7. The molecule has 0 spiro atoms. The number of hydrogen-bond donors (Lipinski definition) is 0. The first-order valence-electron chi connectivity index (χ1n) is 2.96. The molecule has 0 atom stereocenters. The molecule has 0 bridgehead atoms. The third kappa shape index (κ3) is 0.739. The van der Waals surface area contributed by atoms with Gasteiger partial charge in [0.15, 0.2) is 0 Å². The molecule has 2 heteroatoms. The number of hydrogen-bond acceptors (Lipinski definition) is 2. The molecule has 0 saturated heterocycles. The summed E-state index contributed by atoms with van der Waals surface area (Å²) in [6, 6.07) is 9.37. The molecule has 2 aromatic rings. The largest absolute Gasteiger partial charge is 0.407 e. The third-order valence-electron chi connectivity index (χ3n) is 1.22. The van der Waals surface area contributed by atoms with Crippen molar-refractivity contribution < 1.29 is 0 Å². The third-order valence-corrected chi connectivity index (χ3v) is 1.22. The highest BCUT2D eigenvalue weighted by Crippen LogP contribution is 2.02. The van der Waals surface area contributed by atoms with Crippen LogP contribution in [0.1, 0.15) is 0 Å². The second-order valence-corrected chi connectivity index (χ2v) is 1.88. The van der Waals surface area contributed by atoms with Crippen molar-refractivity contribution in [3.8, 4) is 0 Å². The molecule has 0 amide bonds. The maximum atomic E-state index is 4.03. The lowest BCUT2D eigenvalue weighted by Gasteiger charge is -2.08. The zero-order valence-electron chi connectivity index (χ0n) is 5.20. The molecule has 0 radical (unpaired) electrons. The van der Waals surface area contributed by atoms with Crippen LogP contribution in [-0.2, 0) is 0 Å². The molecule has 0 N–H and O–H groups in total. The summed E-state index contributed by atoms with van der Waals surface area (Å²) >= 11 is 0. The number of pyridine rings is 2. The Balaban J connectivity index is 2.89. The summed E-state index contributed by atoms with van der Waals surface area (Å²) in [4.78, 5) is 8.06. The second-order valence-electron chi connectivity index (χ2n) is 1.88. The summed E-state index contributed by atoms with van der Waals surface area (Å²) in [5.41, 5.74) is 1.54. The first kappa shape index (κ1) is 5.35. The summed E-state index contributed by atoms with van der Waals surface area (Å²) in [6.45, 7) is 0. The van der Waals surface area contributed by atoms with Gasteiger partial charge in [0.1, 0.15) is 0 Å². The Morgan fingerprint density at radius 1 is 0.900 bits per heavy atom. The van der Waals surface area contributed by atoms with Gasteiger partial charge in [-0.25, -0.2) is 12.1 Å². The van der Waals surface area contributed by atoms with Crippen molar-refractivity contribution in [1.29, 1.82) is 0 Å². The van der Waals surface area contributed by atoms with E-state index in [1.54, 1.807) is 24.5 Å². The van der Waals surface area contributed by atoms with E-state index in [9.17, 15) is 0 Å². The predicted octanol–water partition coefficient (Wildman–Crippen LogP) is 1.23. The SMILES string of the molecule is [c-]1ccnc2[c-]ccnc12. The van der Waals surface area contributed by atoms with Gasteiger partial charge >= 0.3 is 0 Å². The van der Waals surface area contributed by atoms with Crippen LogP contribution in [0, 0.1) is 12.1 Å². The molecular weight excluding hydrogens is 124 g/mol. The highest BCUT2D eigenvalue weighted by molar-refractivity contribution is 5.71. The Morgan fingerprint density at radius 2 is 1.40 bits per heavy atom. The lowest BCUT2D eigenvalue weighted by molar-refractivity contribution is 1.33. The van der Waals surface area contributed by atoms with Crippen molar-refractivity contribution in [3.63, 3.8) is 0 Å². The zero-order chi connectivity index (χ0) is 6.81. The molecule has 0 fully saturated rings. The van der Waals surface area contributed by atoms with E-state index in [1.807, 2.05) is 0 Å². The van der Waals surface area contributed by atoms with Crippen LogP contribution in [0.25, 0.3) is 11.0 Å². The fraction of sp³-hybridized carbons (Fsp3) is 0. The van der Waals surface area contributed by atoms with Crippen LogP contribution in [-0.4, -0.2) is 9.97 Å². The van der Waals surface area contributed by atoms with Crippen LogP contribution < -0.4 is 0 Å². The molecule has 0 aromatic carbocycles. The molecule has 2 nitrogen and oxygen atoms in total. The van der Waals surface area contributed by atoms with Gasteiger partial charge in [0.2, 0.25) is 0 Å². The van der Waals surface area contributed by atoms with Gasteiger partial charge in [0.25, 0.3) is 0 Å². The van der Waals surface area contributed by atoms with E-state index in [4.69, 9.17) is 0 Å². The lowest BCUT2D eigenvalue weighted by atomic mass is 10.3. The molecule has 10 heavy (non-hydrogen) atoms. The zero-order valence-corrected chi connectivity index (χ0v) is 5.20. The standard InChI is InChI=1S/C8H4N2/c1-3-7-8(9-5-1)4-2-6-10-7/h1-2,5-6H/q-2. The summed E-state index contributed by atoms with van der Waals surface area (Å²) < 4.78 is 0. The number of rotatable bonds is 0. The van der Waals surface area contributed by atoms with E-state index < -0.39 is 0 Å². The van der Waals surface area contributed by atoms with Gasteiger partial charge < -0.3 is 9.97 Å². The monoisotopic (exact) mass is 128 g/mol. The van der Waals surface area contributed by atoms with Gasteiger partial charge in [-0.3, -0.25) is 0 Å². The van der Waals surface area contributed by atoms with Gasteiger partial charge in [-0.2, -0.15) is 12.1 Å². The normalized spacial score (nSPS) is 10.0. The average molecular weight is 128 g/mol. The molecule has 2 rings (SSSR count). The van der Waals surface area contributed by atoms with E-state index in [-0.39, 0.29) is 0 Å². The van der Waals surface area contributed by atoms with E-state index in [1.165, 1.54) is 0 Å². The van der Waals surface area contributed by atoms with Gasteiger partial charge in [-0.15, -0.1) is 11.0 Å². The highest BCUT2D eigenvalue weighted by Gasteiger charge is 1.69. The number of nitrogens with zero attached hydrogens (tertiary/aromatic N) is 2. The Morgan fingerprint density at radius 3 is 1.90 bits per heavy atom. The second kappa shape index (κ2) is 2.06. The van der Waals surface area contributed by atoms with E-state index in [0.29, 0.717) is 0 Å². The Kier molecular flexibility index (Phi) is 1.10. The minimum absolute atomic E-state index is 0.769. The van der Waals surface area contributed by atoms with Crippen LogP contribution in [0.4, 0.5) is 0 Å². The summed E-state index contributed by atoms with van der Waals surface area (Å²) in [7, 11) is 0. The molecule has 0 aliphatic rings. The van der Waals surface area contributed by atoms with Gasteiger partial charge in [-0.05, 0) is 0 Å². The van der Waals surface area contributed by atoms with Crippen LogP contribution in [0.15, 0.2) is 24.5 Å². The molecule has 2 aromatic heterocycles. The van der Waals surface area contributed by atoms with Crippen LogP contribution in [0.5, 0.6) is 0 Å². The predicted molar refractivity (Wildman–Crippen MR) is 37.2 cm³/mol. The lowest BCUT2D eigenvalue weighted by Crippen LogP contribution is -1.79. The van der Waals surface area contributed by atoms with Gasteiger partial charge in [-0.1, -0.05) is 12.4 Å². The first-order valence-corrected chi connectivity index (χ1v) is 2.96. The van der Waals surface area contributed by atoms with E-state index in [2.05, 4.69) is 22.1 Å². The molecule has 48 valence electrons. The van der Waals surface area contributed by atoms with Crippen molar-refractivity contribution in [2.24, 2.45) is 0 Å². The molecule has 2 heterocycles. The number of aromatic nitrogens is 2. The maximum Gasteiger partial charge on any atom is -0.0884 e. The fourth-order valence-electron chi connectivity index (χ4n) is 0.790. The van der Waals surface area contributed by atoms with Crippen LogP contribution in [0.3, 0.4) is 0 Å². The summed E-state index contributed by atoms with van der Waals surface area (Å²) in [6.07, 6.45) is 3.36. The first-order chi connectivity index (χ1) is 4.97. The fourth-order valence-corrected chi connectivity index (χ4v) is 0.790. The summed E-state index contributed by atoms with van der Waals surface area (Å²) in [5.74, 6) is 0. The minimum atomic E-state index is 0.769. The van der Waals surface area contributed by atoms with Crippen molar-refractivity contribution >= 4 is 11.0 Å².